The lowest BCUT2D eigenvalue weighted by Crippen LogP contribution is -2.44. The van der Waals surface area contributed by atoms with Gasteiger partial charge < -0.3 is 15.0 Å². The van der Waals surface area contributed by atoms with Gasteiger partial charge in [0.05, 0.1) is 19.3 Å². The Labute approximate surface area is 167 Å². The molecule has 0 saturated carbocycles. The van der Waals surface area contributed by atoms with Gasteiger partial charge in [0.2, 0.25) is 0 Å². The Kier molecular flexibility index (Phi) is 5.93. The summed E-state index contributed by atoms with van der Waals surface area (Å²) in [5, 5.41) is 3.15. The van der Waals surface area contributed by atoms with Crippen molar-refractivity contribution in [1.82, 2.24) is 10.2 Å². The van der Waals surface area contributed by atoms with Crippen LogP contribution in [0.3, 0.4) is 0 Å². The number of carbonyl (C=O) groups is 1. The minimum absolute atomic E-state index is 0.0171. The summed E-state index contributed by atoms with van der Waals surface area (Å²) in [4.78, 5) is 17.3. The van der Waals surface area contributed by atoms with Gasteiger partial charge in [0.25, 0.3) is 5.91 Å². The number of morpholine rings is 1. The lowest BCUT2D eigenvalue weighted by molar-refractivity contribution is 0.0162. The summed E-state index contributed by atoms with van der Waals surface area (Å²) in [5.74, 6) is -0.0171. The van der Waals surface area contributed by atoms with Crippen molar-refractivity contribution in [3.63, 3.8) is 0 Å². The summed E-state index contributed by atoms with van der Waals surface area (Å²) in [7, 11) is 2.16. The van der Waals surface area contributed by atoms with Crippen LogP contribution < -0.4 is 10.2 Å². The van der Waals surface area contributed by atoms with Gasteiger partial charge in [-0.1, -0.05) is 30.3 Å². The lowest BCUT2D eigenvalue weighted by Gasteiger charge is -2.36. The highest BCUT2D eigenvalue weighted by Crippen LogP contribution is 2.31. The molecule has 0 aromatic heterocycles. The molecule has 1 amide bonds. The number of hydrogen-bond acceptors (Lipinski definition) is 4. The molecule has 5 heteroatoms. The maximum Gasteiger partial charge on any atom is 0.251 e. The van der Waals surface area contributed by atoms with Crippen LogP contribution in [0.25, 0.3) is 0 Å². The predicted octanol–water partition coefficient (Wildman–Crippen LogP) is 2.87. The Morgan fingerprint density at radius 1 is 1.11 bits per heavy atom. The van der Waals surface area contributed by atoms with E-state index < -0.39 is 0 Å². The summed E-state index contributed by atoms with van der Waals surface area (Å²) >= 11 is 0. The summed E-state index contributed by atoms with van der Waals surface area (Å²) < 4.78 is 5.55. The van der Waals surface area contributed by atoms with Gasteiger partial charge in [-0.2, -0.15) is 0 Å². The third-order valence-corrected chi connectivity index (χ3v) is 5.82. The number of hydrogen-bond donors (Lipinski definition) is 1. The molecular weight excluding hydrogens is 350 g/mol. The fraction of sp³-hybridized carbons (Fsp3) is 0.435. The Morgan fingerprint density at radius 2 is 1.89 bits per heavy atom. The van der Waals surface area contributed by atoms with Crippen LogP contribution in [0.5, 0.6) is 0 Å². The summed E-state index contributed by atoms with van der Waals surface area (Å²) in [6, 6.07) is 16.4. The predicted molar refractivity (Wildman–Crippen MR) is 112 cm³/mol. The van der Waals surface area contributed by atoms with E-state index in [0.29, 0.717) is 12.1 Å². The van der Waals surface area contributed by atoms with Crippen LogP contribution in [0.2, 0.25) is 0 Å². The van der Waals surface area contributed by atoms with Gasteiger partial charge >= 0.3 is 0 Å². The normalized spacial score (nSPS) is 18.4. The third-order valence-electron chi connectivity index (χ3n) is 5.82. The minimum atomic E-state index is -0.0171. The van der Waals surface area contributed by atoms with Crippen molar-refractivity contribution < 1.29 is 9.53 Å². The van der Waals surface area contributed by atoms with Crippen LogP contribution in [0.1, 0.15) is 33.9 Å². The fourth-order valence-electron chi connectivity index (χ4n) is 4.24. The Morgan fingerprint density at radius 3 is 2.68 bits per heavy atom. The van der Waals surface area contributed by atoms with Gasteiger partial charge in [0, 0.05) is 44.5 Å². The van der Waals surface area contributed by atoms with Crippen molar-refractivity contribution in [2.75, 3.05) is 51.3 Å². The van der Waals surface area contributed by atoms with Crippen LogP contribution in [0.15, 0.2) is 48.5 Å². The van der Waals surface area contributed by atoms with Crippen molar-refractivity contribution in [2.45, 2.75) is 18.9 Å². The van der Waals surface area contributed by atoms with E-state index in [1.54, 1.807) is 0 Å². The number of nitrogens with zero attached hydrogens (tertiary/aromatic N) is 2. The summed E-state index contributed by atoms with van der Waals surface area (Å²) in [6.45, 7) is 4.99. The lowest BCUT2D eigenvalue weighted by atomic mass is 9.95. The molecule has 2 aromatic carbocycles. The van der Waals surface area contributed by atoms with Gasteiger partial charge in [-0.3, -0.25) is 9.69 Å². The number of anilines is 1. The first-order chi connectivity index (χ1) is 13.7. The van der Waals surface area contributed by atoms with E-state index in [4.69, 9.17) is 4.74 Å². The molecule has 28 heavy (non-hydrogen) atoms. The van der Waals surface area contributed by atoms with E-state index in [-0.39, 0.29) is 11.9 Å². The largest absolute Gasteiger partial charge is 0.379 e. The summed E-state index contributed by atoms with van der Waals surface area (Å²) in [5.41, 5.74) is 4.74. The molecule has 5 nitrogen and oxygen atoms in total. The Balaban J connectivity index is 1.54. The minimum Gasteiger partial charge on any atom is -0.379 e. The molecule has 1 fully saturated rings. The number of rotatable bonds is 5. The number of benzene rings is 2. The third kappa shape index (κ3) is 4.21. The second kappa shape index (κ2) is 8.76. The second-order valence-electron chi connectivity index (χ2n) is 7.65. The molecule has 0 spiro atoms. The van der Waals surface area contributed by atoms with Crippen molar-refractivity contribution >= 4 is 11.6 Å². The van der Waals surface area contributed by atoms with Crippen LogP contribution in [-0.4, -0.2) is 57.2 Å². The molecule has 1 atom stereocenters. The highest BCUT2D eigenvalue weighted by molar-refractivity contribution is 5.94. The highest BCUT2D eigenvalue weighted by Gasteiger charge is 2.25. The number of fused-ring (bicyclic) bond motifs is 1. The molecule has 2 aromatic rings. The molecule has 1 N–H and O–H groups in total. The van der Waals surface area contributed by atoms with Crippen molar-refractivity contribution in [3.05, 3.63) is 65.2 Å². The Hall–Kier alpha value is -2.37. The van der Waals surface area contributed by atoms with Crippen molar-refractivity contribution in [1.29, 1.82) is 0 Å². The molecule has 1 saturated heterocycles. The molecule has 4 rings (SSSR count). The van der Waals surface area contributed by atoms with Crippen LogP contribution in [-0.2, 0) is 11.2 Å². The monoisotopic (exact) mass is 379 g/mol. The zero-order valence-electron chi connectivity index (χ0n) is 16.6. The molecular formula is C23H29N3O2. The first kappa shape index (κ1) is 19.0. The molecule has 0 bridgehead atoms. The average molecular weight is 380 g/mol. The second-order valence-corrected chi connectivity index (χ2v) is 7.65. The van der Waals surface area contributed by atoms with Crippen LogP contribution >= 0.6 is 0 Å². The van der Waals surface area contributed by atoms with E-state index in [2.05, 4.69) is 40.4 Å². The molecule has 148 valence electrons. The topological polar surface area (TPSA) is 44.8 Å². The Bertz CT molecular complexity index is 803. The van der Waals surface area contributed by atoms with Crippen molar-refractivity contribution in [2.24, 2.45) is 0 Å². The zero-order chi connectivity index (χ0) is 19.3. The van der Waals surface area contributed by atoms with E-state index >= 15 is 0 Å². The first-order valence-corrected chi connectivity index (χ1v) is 10.2. The van der Waals surface area contributed by atoms with E-state index in [1.165, 1.54) is 23.2 Å². The SMILES string of the molecule is CN1CCCc2cc([C@H](CNC(=O)c3ccccc3)N3CCOCC3)ccc21. The van der Waals surface area contributed by atoms with Crippen molar-refractivity contribution in [3.8, 4) is 0 Å². The van der Waals surface area contributed by atoms with Crippen LogP contribution in [0.4, 0.5) is 5.69 Å². The van der Waals surface area contributed by atoms with Gasteiger partial charge in [0.15, 0.2) is 0 Å². The first-order valence-electron chi connectivity index (χ1n) is 10.2. The number of aryl methyl sites for hydroxylation is 1. The number of carbonyl (C=O) groups excluding carboxylic acids is 1. The smallest absolute Gasteiger partial charge is 0.251 e. The fourth-order valence-corrected chi connectivity index (χ4v) is 4.24. The van der Waals surface area contributed by atoms with E-state index in [0.717, 1.165) is 39.3 Å². The van der Waals surface area contributed by atoms with Gasteiger partial charge in [-0.15, -0.1) is 0 Å². The molecule has 2 aliphatic rings. The molecule has 0 unspecified atom stereocenters. The standard InChI is InChI=1S/C23H29N3O2/c1-25-11-5-8-19-16-20(9-10-21(19)25)22(26-12-14-28-15-13-26)17-24-23(27)18-6-3-2-4-7-18/h2-4,6-7,9-10,16,22H,5,8,11-15,17H2,1H3,(H,24,27)/t22-/m0/s1. The van der Waals surface area contributed by atoms with Gasteiger partial charge in [-0.25, -0.2) is 0 Å². The van der Waals surface area contributed by atoms with E-state index in [1.807, 2.05) is 30.3 Å². The van der Waals surface area contributed by atoms with E-state index in [9.17, 15) is 4.79 Å². The summed E-state index contributed by atoms with van der Waals surface area (Å²) in [6.07, 6.45) is 2.32. The average Bonchev–Trinajstić information content (AvgIpc) is 2.75. The molecule has 2 aliphatic heterocycles. The molecule has 2 heterocycles. The molecule has 0 radical (unpaired) electrons. The van der Waals surface area contributed by atoms with Gasteiger partial charge in [0.1, 0.15) is 0 Å². The van der Waals surface area contributed by atoms with Gasteiger partial charge in [-0.05, 0) is 42.2 Å². The molecule has 0 aliphatic carbocycles. The maximum atomic E-state index is 12.6. The maximum absolute atomic E-state index is 12.6. The quantitative estimate of drug-likeness (QED) is 0.868. The number of nitrogens with one attached hydrogen (secondary N) is 1. The van der Waals surface area contributed by atoms with Crippen LogP contribution in [0, 0.1) is 0 Å². The number of amides is 1. The number of ether oxygens (including phenoxy) is 1. The highest BCUT2D eigenvalue weighted by atomic mass is 16.5. The zero-order valence-corrected chi connectivity index (χ0v) is 16.6.